The largest absolute Gasteiger partial charge is 0.469 e. The Labute approximate surface area is 175 Å². The van der Waals surface area contributed by atoms with E-state index < -0.39 is 39.7 Å². The lowest BCUT2D eigenvalue weighted by atomic mass is 9.95. The van der Waals surface area contributed by atoms with Gasteiger partial charge in [-0.1, -0.05) is 30.3 Å². The van der Waals surface area contributed by atoms with Crippen molar-refractivity contribution >= 4 is 21.8 Å². The summed E-state index contributed by atoms with van der Waals surface area (Å²) in [6.45, 7) is 6.87. The maximum absolute atomic E-state index is 14.1. The third-order valence-corrected chi connectivity index (χ3v) is 7.12. The van der Waals surface area contributed by atoms with Crippen LogP contribution in [0.25, 0.3) is 0 Å². The fraction of sp³-hybridized carbons (Fsp3) is 0.273. The fourth-order valence-corrected chi connectivity index (χ4v) is 5.42. The van der Waals surface area contributed by atoms with Crippen molar-refractivity contribution in [2.75, 3.05) is 7.11 Å². The van der Waals surface area contributed by atoms with Gasteiger partial charge in [-0.05, 0) is 49.2 Å². The van der Waals surface area contributed by atoms with Crippen LogP contribution in [0, 0.1) is 12.7 Å². The number of ketones is 1. The SMILES string of the molecule is C=C(C(C)=O)[C@H]1c2cc(F)ccc2[C@@H](CC(=O)OC)N1S(=O)(=O)c1ccc(C)cc1. The summed E-state index contributed by atoms with van der Waals surface area (Å²) in [4.78, 5) is 24.3. The van der Waals surface area contributed by atoms with Gasteiger partial charge in [0.1, 0.15) is 5.82 Å². The molecule has 2 aromatic rings. The average molecular weight is 431 g/mol. The second-order valence-corrected chi connectivity index (χ2v) is 9.04. The lowest BCUT2D eigenvalue weighted by Crippen LogP contribution is -2.36. The summed E-state index contributed by atoms with van der Waals surface area (Å²) in [7, 11) is -2.97. The number of aryl methyl sites for hydroxylation is 1. The molecule has 2 atom stereocenters. The van der Waals surface area contributed by atoms with Crippen LogP contribution in [0.4, 0.5) is 4.39 Å². The predicted molar refractivity (Wildman–Crippen MR) is 109 cm³/mol. The van der Waals surface area contributed by atoms with Gasteiger partial charge in [0.15, 0.2) is 5.78 Å². The average Bonchev–Trinajstić information content (AvgIpc) is 3.01. The highest BCUT2D eigenvalue weighted by Crippen LogP contribution is 2.50. The molecule has 1 aliphatic heterocycles. The Kier molecular flexibility index (Phi) is 5.92. The van der Waals surface area contributed by atoms with E-state index in [0.717, 1.165) is 9.87 Å². The number of sulfonamides is 1. The molecule has 0 radical (unpaired) electrons. The summed E-state index contributed by atoms with van der Waals surface area (Å²) in [5, 5.41) is 0. The number of hydrogen-bond acceptors (Lipinski definition) is 5. The number of halogens is 1. The van der Waals surface area contributed by atoms with Crippen LogP contribution in [0.3, 0.4) is 0 Å². The van der Waals surface area contributed by atoms with Crippen molar-refractivity contribution in [1.82, 2.24) is 4.31 Å². The Morgan fingerprint density at radius 2 is 1.77 bits per heavy atom. The number of methoxy groups -OCH3 is 1. The Hall–Kier alpha value is -2.84. The molecule has 0 saturated carbocycles. The fourth-order valence-electron chi connectivity index (χ4n) is 3.65. The second-order valence-electron chi connectivity index (χ2n) is 7.20. The number of fused-ring (bicyclic) bond motifs is 1. The van der Waals surface area contributed by atoms with Gasteiger partial charge in [0, 0.05) is 5.57 Å². The Balaban J connectivity index is 2.26. The molecule has 158 valence electrons. The van der Waals surface area contributed by atoms with E-state index in [2.05, 4.69) is 6.58 Å². The molecule has 0 aliphatic carbocycles. The molecule has 1 aliphatic rings. The lowest BCUT2D eigenvalue weighted by Gasteiger charge is -2.30. The Bertz CT molecular complexity index is 1120. The minimum absolute atomic E-state index is 0.00223. The maximum atomic E-state index is 14.1. The van der Waals surface area contributed by atoms with Crippen molar-refractivity contribution in [2.45, 2.75) is 37.2 Å². The number of carbonyl (C=O) groups excluding carboxylic acids is 2. The molecule has 0 saturated heterocycles. The van der Waals surface area contributed by atoms with Crippen molar-refractivity contribution in [3.8, 4) is 0 Å². The van der Waals surface area contributed by atoms with Crippen molar-refractivity contribution < 1.29 is 27.1 Å². The van der Waals surface area contributed by atoms with Gasteiger partial charge < -0.3 is 4.74 Å². The van der Waals surface area contributed by atoms with Crippen molar-refractivity contribution in [3.05, 3.63) is 77.1 Å². The van der Waals surface area contributed by atoms with E-state index in [1.807, 2.05) is 6.92 Å². The van der Waals surface area contributed by atoms with E-state index in [1.54, 1.807) is 12.1 Å². The normalized spacial score (nSPS) is 18.7. The number of rotatable bonds is 6. The monoisotopic (exact) mass is 431 g/mol. The van der Waals surface area contributed by atoms with Crippen LogP contribution >= 0.6 is 0 Å². The van der Waals surface area contributed by atoms with E-state index in [1.165, 1.54) is 44.4 Å². The van der Waals surface area contributed by atoms with Crippen molar-refractivity contribution in [1.29, 1.82) is 0 Å². The van der Waals surface area contributed by atoms with E-state index in [4.69, 9.17) is 4.74 Å². The standard InChI is InChI=1S/C22H22FNO5S/c1-13-5-8-17(9-6-13)30(27,28)24-20(12-21(26)29-4)18-10-7-16(23)11-19(18)22(24)14(2)15(3)25/h5-11,20,22H,2,12H2,1,3-4H3/t20-,22+/m1/s1. The van der Waals surface area contributed by atoms with Gasteiger partial charge in [-0.3, -0.25) is 9.59 Å². The second kappa shape index (κ2) is 8.12. The van der Waals surface area contributed by atoms with Crippen LogP contribution in [0.5, 0.6) is 0 Å². The number of hydrogen-bond donors (Lipinski definition) is 0. The molecule has 2 aromatic carbocycles. The summed E-state index contributed by atoms with van der Waals surface area (Å²) in [6, 6.07) is 7.92. The zero-order valence-electron chi connectivity index (χ0n) is 16.9. The zero-order chi connectivity index (χ0) is 22.2. The molecule has 0 fully saturated rings. The van der Waals surface area contributed by atoms with E-state index in [9.17, 15) is 22.4 Å². The van der Waals surface area contributed by atoms with Crippen LogP contribution in [-0.4, -0.2) is 31.6 Å². The number of benzene rings is 2. The third kappa shape index (κ3) is 3.80. The first kappa shape index (κ1) is 21.9. The molecule has 0 aromatic heterocycles. The molecule has 1 heterocycles. The van der Waals surface area contributed by atoms with Crippen LogP contribution < -0.4 is 0 Å². The lowest BCUT2D eigenvalue weighted by molar-refractivity contribution is -0.141. The van der Waals surface area contributed by atoms with E-state index >= 15 is 0 Å². The summed E-state index contributed by atoms with van der Waals surface area (Å²) in [6.07, 6.45) is -0.290. The smallest absolute Gasteiger partial charge is 0.307 e. The first-order chi connectivity index (χ1) is 14.1. The zero-order valence-corrected chi connectivity index (χ0v) is 17.7. The predicted octanol–water partition coefficient (Wildman–Crippen LogP) is 3.63. The van der Waals surface area contributed by atoms with Crippen LogP contribution in [0.2, 0.25) is 0 Å². The minimum atomic E-state index is -4.18. The molecule has 8 heteroatoms. The van der Waals surface area contributed by atoms with E-state index in [0.29, 0.717) is 11.1 Å². The molecule has 0 amide bonds. The van der Waals surface area contributed by atoms with Gasteiger partial charge in [-0.15, -0.1) is 0 Å². The number of nitrogens with zero attached hydrogens (tertiary/aromatic N) is 1. The third-order valence-electron chi connectivity index (χ3n) is 5.23. The van der Waals surface area contributed by atoms with E-state index in [-0.39, 0.29) is 16.9 Å². The number of Topliss-reactive ketones (excluding diaryl/α,β-unsaturated/α-hetero) is 1. The molecule has 0 spiro atoms. The van der Waals surface area contributed by atoms with Gasteiger partial charge in [0.25, 0.3) is 0 Å². The summed E-state index contributed by atoms with van der Waals surface area (Å²) in [5.41, 5.74) is 1.59. The number of carbonyl (C=O) groups is 2. The van der Waals surface area contributed by atoms with Crippen LogP contribution in [-0.2, 0) is 24.3 Å². The quantitative estimate of drug-likeness (QED) is 0.515. The first-order valence-corrected chi connectivity index (χ1v) is 10.7. The van der Waals surface area contributed by atoms with Gasteiger partial charge in [0.2, 0.25) is 10.0 Å². The summed E-state index contributed by atoms with van der Waals surface area (Å²) < 4.78 is 47.2. The molecule has 0 N–H and O–H groups in total. The Morgan fingerprint density at radius 1 is 1.13 bits per heavy atom. The molecular weight excluding hydrogens is 409 g/mol. The van der Waals surface area contributed by atoms with Gasteiger partial charge >= 0.3 is 5.97 Å². The highest BCUT2D eigenvalue weighted by molar-refractivity contribution is 7.89. The topological polar surface area (TPSA) is 80.8 Å². The molecule has 0 unspecified atom stereocenters. The van der Waals surface area contributed by atoms with Crippen LogP contribution in [0.15, 0.2) is 59.5 Å². The first-order valence-electron chi connectivity index (χ1n) is 9.24. The molecule has 30 heavy (non-hydrogen) atoms. The minimum Gasteiger partial charge on any atom is -0.469 e. The van der Waals surface area contributed by atoms with Crippen molar-refractivity contribution in [2.24, 2.45) is 0 Å². The summed E-state index contributed by atoms with van der Waals surface area (Å²) >= 11 is 0. The van der Waals surface area contributed by atoms with Crippen LogP contribution in [0.1, 0.15) is 42.1 Å². The highest BCUT2D eigenvalue weighted by Gasteiger charge is 2.48. The number of esters is 1. The molecule has 0 bridgehead atoms. The summed E-state index contributed by atoms with van der Waals surface area (Å²) in [5.74, 6) is -1.65. The number of ether oxygens (including phenoxy) is 1. The van der Waals surface area contributed by atoms with Crippen molar-refractivity contribution in [3.63, 3.8) is 0 Å². The molecular formula is C22H22FNO5S. The molecule has 6 nitrogen and oxygen atoms in total. The van der Waals surface area contributed by atoms with Gasteiger partial charge in [0.05, 0.1) is 30.5 Å². The Morgan fingerprint density at radius 3 is 2.33 bits per heavy atom. The molecule has 3 rings (SSSR count). The van der Waals surface area contributed by atoms with Gasteiger partial charge in [-0.2, -0.15) is 4.31 Å². The maximum Gasteiger partial charge on any atom is 0.307 e. The van der Waals surface area contributed by atoms with Gasteiger partial charge in [-0.25, -0.2) is 12.8 Å². The highest BCUT2D eigenvalue weighted by atomic mass is 32.2.